The third-order valence-electron chi connectivity index (χ3n) is 4.00. The lowest BCUT2D eigenvalue weighted by atomic mass is 10.1. The van der Waals surface area contributed by atoms with Crippen LogP contribution >= 0.6 is 34.5 Å². The Kier molecular flexibility index (Phi) is 5.96. The lowest BCUT2D eigenvalue weighted by molar-refractivity contribution is 0.102. The molecule has 1 aromatic carbocycles. The van der Waals surface area contributed by atoms with E-state index in [-0.39, 0.29) is 30.7 Å². The maximum absolute atomic E-state index is 13.1. The van der Waals surface area contributed by atoms with Crippen molar-refractivity contribution in [2.24, 2.45) is 0 Å². The molecular weight excluding hydrogens is 483 g/mol. The lowest BCUT2D eigenvalue weighted by Crippen LogP contribution is -2.18. The molecule has 0 aliphatic rings. The molecule has 31 heavy (non-hydrogen) atoms. The van der Waals surface area contributed by atoms with Crippen LogP contribution in [-0.2, 0) is 10.0 Å². The fraction of sp³-hybridized carbons (Fsp3) is 0. The predicted molar refractivity (Wildman–Crippen MR) is 119 cm³/mol. The summed E-state index contributed by atoms with van der Waals surface area (Å²) in [6.45, 7) is 0. The lowest BCUT2D eigenvalue weighted by Gasteiger charge is -2.08. The van der Waals surface area contributed by atoms with Crippen molar-refractivity contribution in [3.63, 3.8) is 0 Å². The van der Waals surface area contributed by atoms with E-state index in [1.54, 1.807) is 48.5 Å². The molecule has 0 unspecified atom stereocenters. The number of sulfonamides is 1. The summed E-state index contributed by atoms with van der Waals surface area (Å²) in [5.41, 5.74) is 0.762. The highest BCUT2D eigenvalue weighted by atomic mass is 35.5. The number of hydrogen-bond donors (Lipinski definition) is 2. The van der Waals surface area contributed by atoms with Crippen LogP contribution in [0.15, 0.2) is 70.2 Å². The average molecular weight is 495 g/mol. The number of aromatic nitrogens is 2. The second-order valence-corrected chi connectivity index (χ2v) is 10.0. The van der Waals surface area contributed by atoms with Gasteiger partial charge in [-0.2, -0.15) is 0 Å². The highest BCUT2D eigenvalue weighted by molar-refractivity contribution is 7.93. The average Bonchev–Trinajstić information content (AvgIpc) is 3.32. The Bertz CT molecular complexity index is 1340. The highest BCUT2D eigenvalue weighted by Crippen LogP contribution is 2.36. The summed E-state index contributed by atoms with van der Waals surface area (Å²) in [4.78, 5) is 17.0. The molecule has 3 aromatic heterocycles. The summed E-state index contributed by atoms with van der Waals surface area (Å²) in [6, 6.07) is 14.9. The Hall–Kier alpha value is -2.92. The van der Waals surface area contributed by atoms with Crippen LogP contribution in [0, 0.1) is 0 Å². The Morgan fingerprint density at radius 3 is 2.45 bits per heavy atom. The number of anilines is 2. The first-order chi connectivity index (χ1) is 14.8. The number of thiophene rings is 1. The van der Waals surface area contributed by atoms with Gasteiger partial charge < -0.3 is 9.84 Å². The van der Waals surface area contributed by atoms with Crippen LogP contribution in [-0.4, -0.2) is 24.5 Å². The minimum absolute atomic E-state index is 0.0303. The van der Waals surface area contributed by atoms with E-state index >= 15 is 0 Å². The maximum Gasteiger partial charge on any atom is 0.266 e. The highest BCUT2D eigenvalue weighted by Gasteiger charge is 2.30. The number of rotatable bonds is 6. The second kappa shape index (κ2) is 8.67. The number of benzene rings is 1. The first-order valence-corrected chi connectivity index (χ1v) is 11.7. The number of amides is 1. The fourth-order valence-corrected chi connectivity index (χ4v) is 5.79. The van der Waals surface area contributed by atoms with Crippen molar-refractivity contribution in [3.8, 4) is 11.4 Å². The van der Waals surface area contributed by atoms with Gasteiger partial charge in [0.25, 0.3) is 21.8 Å². The summed E-state index contributed by atoms with van der Waals surface area (Å²) in [5, 5.41) is 6.56. The summed E-state index contributed by atoms with van der Waals surface area (Å²) in [5.74, 6) is -1.02. The van der Waals surface area contributed by atoms with E-state index in [0.717, 1.165) is 11.3 Å². The van der Waals surface area contributed by atoms with Crippen molar-refractivity contribution >= 4 is 62.0 Å². The molecule has 8 nitrogen and oxygen atoms in total. The third kappa shape index (κ3) is 4.57. The standard InChI is InChI=1S/C19H12Cl2N4O4S2/c20-14-10-13(17(21)30-14)31(27,28)25-19-15(18(26)23-11-6-2-1-3-7-11)16(24-29-19)12-8-4-5-9-22-12/h1-10,25H,(H,23,26). The van der Waals surface area contributed by atoms with Crippen LogP contribution in [0.25, 0.3) is 11.4 Å². The molecular formula is C19H12Cl2N4O4S2. The van der Waals surface area contributed by atoms with Crippen LogP contribution in [0.2, 0.25) is 8.67 Å². The Balaban J connectivity index is 1.77. The van der Waals surface area contributed by atoms with Gasteiger partial charge in [-0.3, -0.25) is 9.78 Å². The molecule has 0 radical (unpaired) electrons. The summed E-state index contributed by atoms with van der Waals surface area (Å²) in [6.07, 6.45) is 1.51. The van der Waals surface area contributed by atoms with Gasteiger partial charge in [0.2, 0.25) is 0 Å². The quantitative estimate of drug-likeness (QED) is 0.382. The van der Waals surface area contributed by atoms with E-state index in [9.17, 15) is 13.2 Å². The van der Waals surface area contributed by atoms with E-state index in [1.165, 1.54) is 12.3 Å². The van der Waals surface area contributed by atoms with Crippen LogP contribution < -0.4 is 10.0 Å². The number of carbonyl (C=O) groups excluding carboxylic acids is 1. The van der Waals surface area contributed by atoms with Crippen LogP contribution in [0.4, 0.5) is 11.6 Å². The molecule has 4 aromatic rings. The van der Waals surface area contributed by atoms with E-state index in [4.69, 9.17) is 27.7 Å². The number of nitrogens with one attached hydrogen (secondary N) is 2. The largest absolute Gasteiger partial charge is 0.336 e. The maximum atomic E-state index is 13.1. The first-order valence-electron chi connectivity index (χ1n) is 8.60. The van der Waals surface area contributed by atoms with Crippen LogP contribution in [0.5, 0.6) is 0 Å². The van der Waals surface area contributed by atoms with Gasteiger partial charge >= 0.3 is 0 Å². The number of pyridine rings is 1. The second-order valence-electron chi connectivity index (χ2n) is 6.06. The van der Waals surface area contributed by atoms with Gasteiger partial charge in [0, 0.05) is 11.9 Å². The van der Waals surface area contributed by atoms with Gasteiger partial charge in [0.05, 0.1) is 10.0 Å². The summed E-state index contributed by atoms with van der Waals surface area (Å²) >= 11 is 12.7. The molecule has 0 spiro atoms. The first kappa shape index (κ1) is 21.3. The number of para-hydroxylation sites is 1. The Labute approximate surface area is 190 Å². The minimum Gasteiger partial charge on any atom is -0.336 e. The normalized spacial score (nSPS) is 11.3. The Morgan fingerprint density at radius 1 is 1.06 bits per heavy atom. The zero-order valence-corrected chi connectivity index (χ0v) is 18.5. The molecule has 0 saturated carbocycles. The van der Waals surface area contributed by atoms with Crippen LogP contribution in [0.3, 0.4) is 0 Å². The van der Waals surface area contributed by atoms with Gasteiger partial charge in [0.15, 0.2) is 0 Å². The van der Waals surface area contributed by atoms with Gasteiger partial charge in [-0.1, -0.05) is 52.6 Å². The van der Waals surface area contributed by atoms with E-state index < -0.39 is 15.9 Å². The zero-order valence-electron chi connectivity index (χ0n) is 15.4. The van der Waals surface area contributed by atoms with Crippen molar-refractivity contribution < 1.29 is 17.7 Å². The predicted octanol–water partition coefficient (Wildman–Crippen LogP) is 5.16. The van der Waals surface area contributed by atoms with Gasteiger partial charge in [-0.15, -0.1) is 11.3 Å². The molecule has 4 rings (SSSR count). The molecule has 0 aliphatic carbocycles. The molecule has 0 fully saturated rings. The molecule has 158 valence electrons. The number of halogens is 2. The number of carbonyl (C=O) groups is 1. The number of hydrogen-bond acceptors (Lipinski definition) is 7. The fourth-order valence-electron chi connectivity index (χ4n) is 2.65. The molecule has 1 amide bonds. The topological polar surface area (TPSA) is 114 Å². The monoisotopic (exact) mass is 494 g/mol. The SMILES string of the molecule is O=C(Nc1ccccc1)c1c(-c2ccccn2)noc1NS(=O)(=O)c1cc(Cl)sc1Cl. The molecule has 0 saturated heterocycles. The van der Waals surface area contributed by atoms with Crippen molar-refractivity contribution in [3.05, 3.63) is 75.0 Å². The van der Waals surface area contributed by atoms with E-state index in [1.807, 2.05) is 0 Å². The zero-order chi connectivity index (χ0) is 22.0. The van der Waals surface area contributed by atoms with Crippen molar-refractivity contribution in [1.82, 2.24) is 10.1 Å². The third-order valence-corrected chi connectivity index (χ3v) is 7.08. The smallest absolute Gasteiger partial charge is 0.266 e. The molecule has 12 heteroatoms. The van der Waals surface area contributed by atoms with Crippen molar-refractivity contribution in [2.45, 2.75) is 4.90 Å². The van der Waals surface area contributed by atoms with Gasteiger partial charge in [-0.05, 0) is 30.3 Å². The van der Waals surface area contributed by atoms with E-state index in [0.29, 0.717) is 11.4 Å². The van der Waals surface area contributed by atoms with E-state index in [2.05, 4.69) is 20.2 Å². The molecule has 0 atom stereocenters. The molecule has 3 heterocycles. The molecule has 2 N–H and O–H groups in total. The molecule has 0 bridgehead atoms. The van der Waals surface area contributed by atoms with Gasteiger partial charge in [-0.25, -0.2) is 13.1 Å². The molecule has 0 aliphatic heterocycles. The van der Waals surface area contributed by atoms with Crippen molar-refractivity contribution in [2.75, 3.05) is 10.0 Å². The number of nitrogens with zero attached hydrogens (tertiary/aromatic N) is 2. The van der Waals surface area contributed by atoms with Crippen LogP contribution in [0.1, 0.15) is 10.4 Å². The minimum atomic E-state index is -4.21. The van der Waals surface area contributed by atoms with Gasteiger partial charge in [0.1, 0.15) is 20.5 Å². The Morgan fingerprint density at radius 2 is 1.81 bits per heavy atom. The summed E-state index contributed by atoms with van der Waals surface area (Å²) in [7, 11) is -4.21. The summed E-state index contributed by atoms with van der Waals surface area (Å²) < 4.78 is 33.3. The van der Waals surface area contributed by atoms with Crippen molar-refractivity contribution in [1.29, 1.82) is 0 Å².